The first-order valence-corrected chi connectivity index (χ1v) is 6.33. The number of rotatable bonds is 2. The lowest BCUT2D eigenvalue weighted by Crippen LogP contribution is -2.38. The molecule has 0 aliphatic carbocycles. The molecule has 1 aliphatic rings. The fraction of sp³-hybridized carbons (Fsp3) is 0.545. The van der Waals surface area contributed by atoms with Gasteiger partial charge < -0.3 is 9.80 Å². The molecule has 0 spiro atoms. The van der Waals surface area contributed by atoms with Crippen LogP contribution in [0, 0.1) is 6.92 Å². The fourth-order valence-electron chi connectivity index (χ4n) is 2.14. The van der Waals surface area contributed by atoms with Crippen molar-refractivity contribution in [2.24, 2.45) is 0 Å². The zero-order valence-corrected chi connectivity index (χ0v) is 11.7. The SMILES string of the molecule is Cc1nc(N(C)C)nc(N2CCn3c(n[nH]c3=O)C2)n1. The highest BCUT2D eigenvalue weighted by atomic mass is 16.1. The van der Waals surface area contributed by atoms with Crippen molar-refractivity contribution in [2.75, 3.05) is 30.4 Å². The van der Waals surface area contributed by atoms with Crippen LogP contribution in [0.3, 0.4) is 0 Å². The van der Waals surface area contributed by atoms with Gasteiger partial charge in [-0.05, 0) is 6.92 Å². The molecule has 0 atom stereocenters. The second-order valence-corrected chi connectivity index (χ2v) is 4.90. The summed E-state index contributed by atoms with van der Waals surface area (Å²) in [6.07, 6.45) is 0. The Morgan fingerprint density at radius 2 is 2.00 bits per heavy atom. The molecule has 0 bridgehead atoms. The normalized spacial score (nSPS) is 14.2. The lowest BCUT2D eigenvalue weighted by atomic mass is 10.4. The van der Waals surface area contributed by atoms with E-state index in [2.05, 4.69) is 25.1 Å². The molecule has 0 aromatic carbocycles. The van der Waals surface area contributed by atoms with Crippen molar-refractivity contribution in [3.05, 3.63) is 22.1 Å². The highest BCUT2D eigenvalue weighted by molar-refractivity contribution is 5.38. The molecule has 0 unspecified atom stereocenters. The van der Waals surface area contributed by atoms with Crippen LogP contribution in [0.4, 0.5) is 11.9 Å². The number of aryl methyl sites for hydroxylation is 1. The van der Waals surface area contributed by atoms with Crippen LogP contribution in [0.1, 0.15) is 11.6 Å². The van der Waals surface area contributed by atoms with Crippen LogP contribution in [-0.2, 0) is 13.1 Å². The molecule has 0 fully saturated rings. The van der Waals surface area contributed by atoms with Crippen molar-refractivity contribution in [3.63, 3.8) is 0 Å². The van der Waals surface area contributed by atoms with Gasteiger partial charge in [0.2, 0.25) is 11.9 Å². The number of nitrogens with zero attached hydrogens (tertiary/aromatic N) is 7. The molecule has 3 heterocycles. The van der Waals surface area contributed by atoms with E-state index < -0.39 is 0 Å². The monoisotopic (exact) mass is 276 g/mol. The first-order chi connectivity index (χ1) is 9.54. The molecule has 1 aliphatic heterocycles. The molecule has 2 aromatic rings. The molecule has 0 saturated heterocycles. The van der Waals surface area contributed by atoms with Crippen LogP contribution < -0.4 is 15.5 Å². The van der Waals surface area contributed by atoms with Gasteiger partial charge >= 0.3 is 5.69 Å². The second kappa shape index (κ2) is 4.58. The highest BCUT2D eigenvalue weighted by Crippen LogP contribution is 2.16. The molecule has 1 N–H and O–H groups in total. The van der Waals surface area contributed by atoms with Crippen LogP contribution in [-0.4, -0.2) is 50.4 Å². The number of anilines is 2. The summed E-state index contributed by atoms with van der Waals surface area (Å²) >= 11 is 0. The number of fused-ring (bicyclic) bond motifs is 1. The molecule has 106 valence electrons. The van der Waals surface area contributed by atoms with Crippen molar-refractivity contribution in [1.82, 2.24) is 29.7 Å². The predicted octanol–water partition coefficient (Wildman–Crippen LogP) is -0.849. The first-order valence-electron chi connectivity index (χ1n) is 6.33. The Bertz CT molecular complexity index is 688. The van der Waals surface area contributed by atoms with E-state index in [-0.39, 0.29) is 5.69 Å². The van der Waals surface area contributed by atoms with Crippen LogP contribution in [0.25, 0.3) is 0 Å². The lowest BCUT2D eigenvalue weighted by Gasteiger charge is -2.27. The van der Waals surface area contributed by atoms with Crippen LogP contribution in [0.5, 0.6) is 0 Å². The summed E-state index contributed by atoms with van der Waals surface area (Å²) in [7, 11) is 3.78. The van der Waals surface area contributed by atoms with Gasteiger partial charge in [0, 0.05) is 27.2 Å². The maximum atomic E-state index is 11.5. The third-order valence-electron chi connectivity index (χ3n) is 3.17. The third kappa shape index (κ3) is 2.10. The van der Waals surface area contributed by atoms with Crippen molar-refractivity contribution in [3.8, 4) is 0 Å². The Balaban J connectivity index is 1.93. The second-order valence-electron chi connectivity index (χ2n) is 4.90. The van der Waals surface area contributed by atoms with Crippen molar-refractivity contribution >= 4 is 11.9 Å². The molecule has 0 radical (unpaired) electrons. The molecule has 9 nitrogen and oxygen atoms in total. The number of H-pyrrole nitrogens is 1. The summed E-state index contributed by atoms with van der Waals surface area (Å²) in [5, 5.41) is 6.48. The molecular formula is C11H16N8O. The standard InChI is InChI=1S/C11H16N8O/c1-7-12-9(17(2)3)14-10(13-7)18-4-5-19-8(6-18)15-16-11(19)20/h4-6H2,1-3H3,(H,16,20). The summed E-state index contributed by atoms with van der Waals surface area (Å²) in [4.78, 5) is 28.4. The van der Waals surface area contributed by atoms with Gasteiger partial charge in [-0.2, -0.15) is 20.1 Å². The molecule has 0 amide bonds. The minimum atomic E-state index is -0.166. The Kier molecular flexibility index (Phi) is 2.88. The van der Waals surface area contributed by atoms with Crippen molar-refractivity contribution in [1.29, 1.82) is 0 Å². The van der Waals surface area contributed by atoms with Gasteiger partial charge in [0.05, 0.1) is 6.54 Å². The van der Waals surface area contributed by atoms with E-state index in [0.29, 0.717) is 43.2 Å². The summed E-state index contributed by atoms with van der Waals surface area (Å²) in [6.45, 7) is 3.59. The smallest absolute Gasteiger partial charge is 0.343 e. The number of hydrogen-bond donors (Lipinski definition) is 1. The van der Waals surface area contributed by atoms with E-state index >= 15 is 0 Å². The maximum absolute atomic E-state index is 11.5. The Labute approximate surface area is 115 Å². The molecule has 20 heavy (non-hydrogen) atoms. The Hall–Kier alpha value is -2.45. The average molecular weight is 276 g/mol. The third-order valence-corrected chi connectivity index (χ3v) is 3.17. The summed E-state index contributed by atoms with van der Waals surface area (Å²) < 4.78 is 1.64. The molecular weight excluding hydrogens is 260 g/mol. The molecule has 2 aromatic heterocycles. The van der Waals surface area contributed by atoms with Crippen LogP contribution in [0.2, 0.25) is 0 Å². The number of hydrogen-bond acceptors (Lipinski definition) is 7. The van der Waals surface area contributed by atoms with Gasteiger partial charge in [-0.1, -0.05) is 0 Å². The van der Waals surface area contributed by atoms with E-state index in [0.717, 1.165) is 0 Å². The summed E-state index contributed by atoms with van der Waals surface area (Å²) in [5.74, 6) is 2.61. The van der Waals surface area contributed by atoms with Gasteiger partial charge in [-0.15, -0.1) is 0 Å². The summed E-state index contributed by atoms with van der Waals surface area (Å²) in [5.41, 5.74) is -0.166. The van der Waals surface area contributed by atoms with E-state index in [1.54, 1.807) is 4.57 Å². The van der Waals surface area contributed by atoms with Gasteiger partial charge in [0.1, 0.15) is 5.82 Å². The van der Waals surface area contributed by atoms with E-state index in [9.17, 15) is 4.79 Å². The number of aromatic nitrogens is 6. The zero-order chi connectivity index (χ0) is 14.3. The number of nitrogens with one attached hydrogen (secondary N) is 1. The minimum absolute atomic E-state index is 0.166. The quantitative estimate of drug-likeness (QED) is 0.763. The largest absolute Gasteiger partial charge is 0.347 e. The minimum Gasteiger partial charge on any atom is -0.347 e. The summed E-state index contributed by atoms with van der Waals surface area (Å²) in [6, 6.07) is 0. The average Bonchev–Trinajstić information content (AvgIpc) is 2.79. The fourth-order valence-corrected chi connectivity index (χ4v) is 2.14. The molecule has 3 rings (SSSR count). The van der Waals surface area contributed by atoms with E-state index in [4.69, 9.17) is 0 Å². The van der Waals surface area contributed by atoms with Crippen molar-refractivity contribution < 1.29 is 0 Å². The first kappa shape index (κ1) is 12.6. The van der Waals surface area contributed by atoms with E-state index in [1.165, 1.54) is 0 Å². The molecule has 9 heteroatoms. The van der Waals surface area contributed by atoms with Crippen molar-refractivity contribution in [2.45, 2.75) is 20.0 Å². The van der Waals surface area contributed by atoms with Gasteiger partial charge in [-0.3, -0.25) is 4.57 Å². The van der Waals surface area contributed by atoms with Gasteiger partial charge in [0.25, 0.3) is 0 Å². The van der Waals surface area contributed by atoms with Gasteiger partial charge in [-0.25, -0.2) is 9.89 Å². The topological polar surface area (TPSA) is 95.8 Å². The molecule has 0 saturated carbocycles. The number of aromatic amines is 1. The van der Waals surface area contributed by atoms with Gasteiger partial charge in [0.15, 0.2) is 5.82 Å². The predicted molar refractivity (Wildman–Crippen MR) is 72.8 cm³/mol. The lowest BCUT2D eigenvalue weighted by molar-refractivity contribution is 0.540. The zero-order valence-electron chi connectivity index (χ0n) is 11.7. The van der Waals surface area contributed by atoms with Crippen LogP contribution >= 0.6 is 0 Å². The Morgan fingerprint density at radius 3 is 2.75 bits per heavy atom. The van der Waals surface area contributed by atoms with Crippen LogP contribution in [0.15, 0.2) is 4.79 Å². The maximum Gasteiger partial charge on any atom is 0.343 e. The Morgan fingerprint density at radius 1 is 1.20 bits per heavy atom. The van der Waals surface area contributed by atoms with E-state index in [1.807, 2.05) is 30.8 Å². The highest BCUT2D eigenvalue weighted by Gasteiger charge is 2.22.